The lowest BCUT2D eigenvalue weighted by Gasteiger charge is -2.26. The Bertz CT molecular complexity index is 145. The van der Waals surface area contributed by atoms with Crippen molar-refractivity contribution in [1.29, 1.82) is 0 Å². The normalized spacial score (nSPS) is 16.0. The minimum atomic E-state index is -0.136. The molecule has 0 bridgehead atoms. The summed E-state index contributed by atoms with van der Waals surface area (Å²) in [6.07, 6.45) is 4.41. The molecule has 0 aromatic heterocycles. The van der Waals surface area contributed by atoms with E-state index < -0.39 is 0 Å². The topological polar surface area (TPSA) is 23.5 Å². The van der Waals surface area contributed by atoms with Gasteiger partial charge in [-0.3, -0.25) is 0 Å². The second-order valence-electron chi connectivity index (χ2n) is 5.30. The quantitative estimate of drug-likeness (QED) is 0.629. The van der Waals surface area contributed by atoms with Crippen LogP contribution in [0, 0.1) is 5.92 Å². The van der Waals surface area contributed by atoms with E-state index in [-0.39, 0.29) is 6.10 Å². The molecule has 0 aromatic rings. The first kappa shape index (κ1) is 14.9. The monoisotopic (exact) mass is 215 g/mol. The summed E-state index contributed by atoms with van der Waals surface area (Å²) in [6.45, 7) is 9.87. The van der Waals surface area contributed by atoms with E-state index in [2.05, 4.69) is 32.7 Å². The van der Waals surface area contributed by atoms with Crippen molar-refractivity contribution < 1.29 is 5.11 Å². The van der Waals surface area contributed by atoms with Crippen LogP contribution in [0.4, 0.5) is 0 Å². The summed E-state index contributed by atoms with van der Waals surface area (Å²) >= 11 is 0. The Hall–Kier alpha value is -0.0800. The molecular weight excluding hydrogens is 186 g/mol. The van der Waals surface area contributed by atoms with Crippen molar-refractivity contribution in [1.82, 2.24) is 4.90 Å². The highest BCUT2D eigenvalue weighted by molar-refractivity contribution is 4.65. The number of unbranched alkanes of at least 4 members (excludes halogenated alkanes) is 1. The van der Waals surface area contributed by atoms with Crippen molar-refractivity contribution in [3.63, 3.8) is 0 Å². The molecule has 0 aliphatic heterocycles. The average molecular weight is 215 g/mol. The number of aliphatic hydroxyl groups is 1. The highest BCUT2D eigenvalue weighted by Crippen LogP contribution is 2.10. The summed E-state index contributed by atoms with van der Waals surface area (Å²) in [6, 6.07) is 0.677. The van der Waals surface area contributed by atoms with Crippen LogP contribution in [0.15, 0.2) is 0 Å². The van der Waals surface area contributed by atoms with Gasteiger partial charge < -0.3 is 10.0 Å². The summed E-state index contributed by atoms with van der Waals surface area (Å²) in [7, 11) is 2.20. The summed E-state index contributed by atoms with van der Waals surface area (Å²) in [5.41, 5.74) is 0. The summed E-state index contributed by atoms with van der Waals surface area (Å²) in [5, 5.41) is 9.13. The molecule has 0 radical (unpaired) electrons. The van der Waals surface area contributed by atoms with Crippen LogP contribution in [-0.4, -0.2) is 35.7 Å². The van der Waals surface area contributed by atoms with Crippen LogP contribution < -0.4 is 0 Å². The van der Waals surface area contributed by atoms with Crippen molar-refractivity contribution in [2.45, 2.75) is 65.5 Å². The van der Waals surface area contributed by atoms with Gasteiger partial charge in [-0.05, 0) is 59.0 Å². The lowest BCUT2D eigenvalue weighted by Crippen LogP contribution is -2.31. The maximum absolute atomic E-state index is 9.13. The minimum Gasteiger partial charge on any atom is -0.393 e. The molecule has 0 amide bonds. The molecule has 1 N–H and O–H groups in total. The van der Waals surface area contributed by atoms with Gasteiger partial charge in [0, 0.05) is 6.04 Å². The van der Waals surface area contributed by atoms with E-state index >= 15 is 0 Å². The molecule has 15 heavy (non-hydrogen) atoms. The zero-order valence-corrected chi connectivity index (χ0v) is 11.2. The van der Waals surface area contributed by atoms with E-state index in [1.165, 1.54) is 12.8 Å². The Morgan fingerprint density at radius 2 is 1.67 bits per heavy atom. The van der Waals surface area contributed by atoms with Crippen LogP contribution in [-0.2, 0) is 0 Å². The van der Waals surface area contributed by atoms with Crippen molar-refractivity contribution in [2.24, 2.45) is 5.92 Å². The molecule has 0 fully saturated rings. The predicted molar refractivity (Wildman–Crippen MR) is 67.1 cm³/mol. The fourth-order valence-corrected chi connectivity index (χ4v) is 1.88. The van der Waals surface area contributed by atoms with E-state index in [4.69, 9.17) is 5.11 Å². The Morgan fingerprint density at radius 1 is 1.07 bits per heavy atom. The van der Waals surface area contributed by atoms with Crippen LogP contribution in [0.25, 0.3) is 0 Å². The van der Waals surface area contributed by atoms with Gasteiger partial charge in [-0.1, -0.05) is 13.8 Å². The molecule has 0 aliphatic carbocycles. The third-order valence-electron chi connectivity index (χ3n) is 2.95. The molecule has 0 aliphatic rings. The highest BCUT2D eigenvalue weighted by Gasteiger charge is 2.10. The van der Waals surface area contributed by atoms with Crippen molar-refractivity contribution >= 4 is 0 Å². The van der Waals surface area contributed by atoms with E-state index in [9.17, 15) is 0 Å². The molecule has 0 saturated heterocycles. The smallest absolute Gasteiger partial charge is 0.0512 e. The maximum Gasteiger partial charge on any atom is 0.0512 e. The summed E-state index contributed by atoms with van der Waals surface area (Å²) in [4.78, 5) is 2.43. The average Bonchev–Trinajstić information content (AvgIpc) is 2.10. The second-order valence-corrected chi connectivity index (χ2v) is 5.30. The SMILES string of the molecule is CC(C)CC(C)N(C)CCCCC(C)O. The lowest BCUT2D eigenvalue weighted by atomic mass is 10.0. The van der Waals surface area contributed by atoms with Crippen LogP contribution in [0.3, 0.4) is 0 Å². The number of hydrogen-bond acceptors (Lipinski definition) is 2. The van der Waals surface area contributed by atoms with Crippen LogP contribution in [0.5, 0.6) is 0 Å². The fraction of sp³-hybridized carbons (Fsp3) is 1.00. The number of hydrogen-bond donors (Lipinski definition) is 1. The Morgan fingerprint density at radius 3 is 2.13 bits per heavy atom. The van der Waals surface area contributed by atoms with Crippen LogP contribution >= 0.6 is 0 Å². The summed E-state index contributed by atoms with van der Waals surface area (Å²) < 4.78 is 0. The summed E-state index contributed by atoms with van der Waals surface area (Å²) in [5.74, 6) is 0.778. The van der Waals surface area contributed by atoms with Gasteiger partial charge in [0.2, 0.25) is 0 Å². The molecular formula is C13H29NO. The number of rotatable bonds is 8. The van der Waals surface area contributed by atoms with Gasteiger partial charge in [-0.25, -0.2) is 0 Å². The fourth-order valence-electron chi connectivity index (χ4n) is 1.88. The standard InChI is InChI=1S/C13H29NO/c1-11(2)10-12(3)14(5)9-7-6-8-13(4)15/h11-13,15H,6-10H2,1-5H3. The molecule has 0 heterocycles. The second kappa shape index (κ2) is 8.12. The zero-order valence-electron chi connectivity index (χ0n) is 11.2. The van der Waals surface area contributed by atoms with Gasteiger partial charge in [0.15, 0.2) is 0 Å². The van der Waals surface area contributed by atoms with E-state index in [1.54, 1.807) is 0 Å². The van der Waals surface area contributed by atoms with Crippen molar-refractivity contribution in [3.05, 3.63) is 0 Å². The Labute approximate surface area is 95.7 Å². The first-order valence-corrected chi connectivity index (χ1v) is 6.31. The maximum atomic E-state index is 9.13. The van der Waals surface area contributed by atoms with Gasteiger partial charge in [-0.2, -0.15) is 0 Å². The van der Waals surface area contributed by atoms with Crippen LogP contribution in [0.2, 0.25) is 0 Å². The lowest BCUT2D eigenvalue weighted by molar-refractivity contribution is 0.174. The van der Waals surface area contributed by atoms with Gasteiger partial charge in [0.25, 0.3) is 0 Å². The number of aliphatic hydroxyl groups excluding tert-OH is 1. The van der Waals surface area contributed by atoms with Crippen molar-refractivity contribution in [2.75, 3.05) is 13.6 Å². The molecule has 2 unspecified atom stereocenters. The minimum absolute atomic E-state index is 0.136. The molecule has 0 spiro atoms. The molecule has 92 valence electrons. The van der Waals surface area contributed by atoms with Gasteiger partial charge >= 0.3 is 0 Å². The van der Waals surface area contributed by atoms with Crippen LogP contribution in [0.1, 0.15) is 53.4 Å². The highest BCUT2D eigenvalue weighted by atomic mass is 16.3. The first-order valence-electron chi connectivity index (χ1n) is 6.31. The van der Waals surface area contributed by atoms with E-state index in [0.717, 1.165) is 25.3 Å². The van der Waals surface area contributed by atoms with Gasteiger partial charge in [0.1, 0.15) is 0 Å². The van der Waals surface area contributed by atoms with E-state index in [0.29, 0.717) is 6.04 Å². The largest absolute Gasteiger partial charge is 0.393 e. The number of nitrogens with zero attached hydrogens (tertiary/aromatic N) is 1. The third-order valence-corrected chi connectivity index (χ3v) is 2.95. The Balaban J connectivity index is 3.51. The molecule has 2 nitrogen and oxygen atoms in total. The predicted octanol–water partition coefficient (Wildman–Crippen LogP) is 2.90. The molecule has 2 atom stereocenters. The first-order chi connectivity index (χ1) is 6.93. The zero-order chi connectivity index (χ0) is 11.8. The van der Waals surface area contributed by atoms with Gasteiger partial charge in [-0.15, -0.1) is 0 Å². The molecule has 0 aromatic carbocycles. The molecule has 0 saturated carbocycles. The molecule has 2 heteroatoms. The van der Waals surface area contributed by atoms with Gasteiger partial charge in [0.05, 0.1) is 6.10 Å². The van der Waals surface area contributed by atoms with Crippen molar-refractivity contribution in [3.8, 4) is 0 Å². The Kier molecular flexibility index (Phi) is 8.07. The third kappa shape index (κ3) is 8.88. The molecule has 0 rings (SSSR count). The van der Waals surface area contributed by atoms with E-state index in [1.807, 2.05) is 6.92 Å².